The van der Waals surface area contributed by atoms with Crippen molar-refractivity contribution in [3.63, 3.8) is 0 Å². The molecule has 0 radical (unpaired) electrons. The van der Waals surface area contributed by atoms with Crippen LogP contribution in [0.4, 0.5) is 0 Å². The van der Waals surface area contributed by atoms with Crippen LogP contribution in [0, 0.1) is 11.3 Å². The second-order valence-corrected chi connectivity index (χ2v) is 5.47. The van der Waals surface area contributed by atoms with Crippen LogP contribution in [0.5, 0.6) is 0 Å². The molecule has 1 aromatic heterocycles. The first-order valence-electron chi connectivity index (χ1n) is 5.77. The highest BCUT2D eigenvalue weighted by atomic mass is 35.5. The molecule has 0 saturated heterocycles. The molecule has 1 N–H and O–H groups in total. The van der Waals surface area contributed by atoms with Crippen LogP contribution in [0.1, 0.15) is 17.2 Å². The van der Waals surface area contributed by atoms with Crippen molar-refractivity contribution >= 4 is 34.8 Å². The number of nitrogens with zero attached hydrogens (tertiary/aromatic N) is 2. The molecule has 0 amide bonds. The van der Waals surface area contributed by atoms with Crippen molar-refractivity contribution in [3.8, 4) is 6.07 Å². The molecule has 2 rings (SSSR count). The van der Waals surface area contributed by atoms with Gasteiger partial charge in [0.1, 0.15) is 6.04 Å². The summed E-state index contributed by atoms with van der Waals surface area (Å²) in [4.78, 5) is 3.97. The van der Waals surface area contributed by atoms with Gasteiger partial charge < -0.3 is 0 Å². The fourth-order valence-corrected chi connectivity index (χ4v) is 2.51. The normalized spacial score (nSPS) is 11.9. The highest BCUT2D eigenvalue weighted by molar-refractivity contribution is 6.34. The van der Waals surface area contributed by atoms with Gasteiger partial charge in [0.2, 0.25) is 0 Å². The highest BCUT2D eigenvalue weighted by Crippen LogP contribution is 2.20. The Morgan fingerprint density at radius 2 is 1.75 bits per heavy atom. The number of pyridine rings is 1. The molecule has 0 spiro atoms. The Morgan fingerprint density at radius 3 is 2.35 bits per heavy atom. The second kappa shape index (κ2) is 6.92. The van der Waals surface area contributed by atoms with Gasteiger partial charge in [0.15, 0.2) is 0 Å². The van der Waals surface area contributed by atoms with E-state index in [2.05, 4.69) is 16.4 Å². The average Bonchev–Trinajstić information content (AvgIpc) is 2.38. The molecule has 3 nitrogen and oxygen atoms in total. The van der Waals surface area contributed by atoms with Crippen molar-refractivity contribution in [2.75, 3.05) is 0 Å². The summed E-state index contributed by atoms with van der Waals surface area (Å²) in [5, 5.41) is 13.9. The number of rotatable bonds is 4. The van der Waals surface area contributed by atoms with Crippen molar-refractivity contribution in [3.05, 3.63) is 62.9 Å². The number of hydrogen-bond donors (Lipinski definition) is 1. The minimum absolute atomic E-state index is 0.463. The lowest BCUT2D eigenvalue weighted by Gasteiger charge is -2.12. The standard InChI is InChI=1S/C14H10Cl3N3/c15-11-1-9(2-12(16)4-11)6-20-14(5-18)10-3-13(17)8-19-7-10/h1-4,7-8,14,20H,6H2. The Bertz CT molecular complexity index is 632. The van der Waals surface area contributed by atoms with Crippen LogP contribution in [-0.4, -0.2) is 4.98 Å². The SMILES string of the molecule is N#CC(NCc1cc(Cl)cc(Cl)c1)c1cncc(Cl)c1. The molecule has 1 atom stereocenters. The van der Waals surface area contributed by atoms with Gasteiger partial charge in [-0.05, 0) is 29.8 Å². The highest BCUT2D eigenvalue weighted by Gasteiger charge is 2.11. The fourth-order valence-electron chi connectivity index (χ4n) is 1.76. The quantitative estimate of drug-likeness (QED) is 0.906. The minimum atomic E-state index is -0.501. The first kappa shape index (κ1) is 15.1. The second-order valence-electron chi connectivity index (χ2n) is 4.16. The Balaban J connectivity index is 2.10. The van der Waals surface area contributed by atoms with E-state index in [1.54, 1.807) is 30.5 Å². The minimum Gasteiger partial charge on any atom is -0.294 e. The lowest BCUT2D eigenvalue weighted by molar-refractivity contribution is 0.628. The Morgan fingerprint density at radius 1 is 1.05 bits per heavy atom. The summed E-state index contributed by atoms with van der Waals surface area (Å²) in [5.41, 5.74) is 1.62. The van der Waals surface area contributed by atoms with Crippen LogP contribution in [0.2, 0.25) is 15.1 Å². The van der Waals surface area contributed by atoms with Gasteiger partial charge in [-0.3, -0.25) is 10.3 Å². The van der Waals surface area contributed by atoms with Crippen molar-refractivity contribution in [2.45, 2.75) is 12.6 Å². The van der Waals surface area contributed by atoms with Gasteiger partial charge in [0, 0.05) is 34.5 Å². The third-order valence-electron chi connectivity index (χ3n) is 2.62. The summed E-state index contributed by atoms with van der Waals surface area (Å²) in [5.74, 6) is 0. The Hall–Kier alpha value is -1.31. The van der Waals surface area contributed by atoms with Gasteiger partial charge in [-0.25, -0.2) is 0 Å². The number of nitriles is 1. The largest absolute Gasteiger partial charge is 0.294 e. The predicted molar refractivity (Wildman–Crippen MR) is 80.9 cm³/mol. The predicted octanol–water partition coefficient (Wildman–Crippen LogP) is 4.40. The lowest BCUT2D eigenvalue weighted by atomic mass is 10.1. The number of aromatic nitrogens is 1. The van der Waals surface area contributed by atoms with Gasteiger partial charge in [-0.15, -0.1) is 0 Å². The van der Waals surface area contributed by atoms with Crippen molar-refractivity contribution in [2.24, 2.45) is 0 Å². The molecule has 2 aromatic rings. The van der Waals surface area contributed by atoms with E-state index in [1.165, 1.54) is 6.20 Å². The summed E-state index contributed by atoms with van der Waals surface area (Å²) in [6.07, 6.45) is 3.13. The monoisotopic (exact) mass is 325 g/mol. The van der Waals surface area contributed by atoms with E-state index in [0.29, 0.717) is 27.2 Å². The van der Waals surface area contributed by atoms with Crippen LogP contribution >= 0.6 is 34.8 Å². The molecule has 20 heavy (non-hydrogen) atoms. The summed E-state index contributed by atoms with van der Waals surface area (Å²) < 4.78 is 0. The third kappa shape index (κ3) is 4.09. The van der Waals surface area contributed by atoms with E-state index in [1.807, 2.05) is 0 Å². The van der Waals surface area contributed by atoms with Crippen LogP contribution in [0.3, 0.4) is 0 Å². The summed E-state index contributed by atoms with van der Waals surface area (Å²) in [6, 6.07) is 8.63. The number of hydrogen-bond acceptors (Lipinski definition) is 3. The van der Waals surface area contributed by atoms with Crippen LogP contribution in [-0.2, 0) is 6.54 Å². The van der Waals surface area contributed by atoms with Gasteiger partial charge in [0.05, 0.1) is 11.1 Å². The zero-order valence-corrected chi connectivity index (χ0v) is 12.5. The van der Waals surface area contributed by atoms with Crippen molar-refractivity contribution < 1.29 is 0 Å². The molecule has 6 heteroatoms. The van der Waals surface area contributed by atoms with E-state index in [4.69, 9.17) is 34.8 Å². The maximum absolute atomic E-state index is 9.22. The molecule has 0 aliphatic rings. The van der Waals surface area contributed by atoms with Gasteiger partial charge in [-0.2, -0.15) is 5.26 Å². The van der Waals surface area contributed by atoms with Gasteiger partial charge >= 0.3 is 0 Å². The van der Waals surface area contributed by atoms with Gasteiger partial charge in [-0.1, -0.05) is 34.8 Å². The molecule has 0 bridgehead atoms. The number of benzene rings is 1. The molecule has 1 aromatic carbocycles. The topological polar surface area (TPSA) is 48.7 Å². The average molecular weight is 327 g/mol. The smallest absolute Gasteiger partial charge is 0.123 e. The van der Waals surface area contributed by atoms with E-state index in [0.717, 1.165) is 5.56 Å². The molecule has 0 aliphatic heterocycles. The Kier molecular flexibility index (Phi) is 5.22. The Labute approximate surface area is 132 Å². The molecule has 0 aliphatic carbocycles. The van der Waals surface area contributed by atoms with Crippen LogP contribution in [0.15, 0.2) is 36.7 Å². The number of nitrogens with one attached hydrogen (secondary N) is 1. The maximum Gasteiger partial charge on any atom is 0.123 e. The molecular weight excluding hydrogens is 317 g/mol. The lowest BCUT2D eigenvalue weighted by Crippen LogP contribution is -2.19. The summed E-state index contributed by atoms with van der Waals surface area (Å²) >= 11 is 17.7. The molecule has 102 valence electrons. The zero-order chi connectivity index (χ0) is 14.5. The first-order chi connectivity index (χ1) is 9.58. The summed E-state index contributed by atoms with van der Waals surface area (Å²) in [7, 11) is 0. The molecule has 1 heterocycles. The zero-order valence-electron chi connectivity index (χ0n) is 10.3. The van der Waals surface area contributed by atoms with E-state index in [9.17, 15) is 5.26 Å². The van der Waals surface area contributed by atoms with Crippen LogP contribution < -0.4 is 5.32 Å². The molecule has 0 saturated carbocycles. The summed E-state index contributed by atoms with van der Waals surface area (Å²) in [6.45, 7) is 0.463. The van der Waals surface area contributed by atoms with E-state index >= 15 is 0 Å². The van der Waals surface area contributed by atoms with Gasteiger partial charge in [0.25, 0.3) is 0 Å². The molecular formula is C14H10Cl3N3. The third-order valence-corrected chi connectivity index (χ3v) is 3.26. The van der Waals surface area contributed by atoms with Crippen molar-refractivity contribution in [1.82, 2.24) is 10.3 Å². The molecule has 0 fully saturated rings. The maximum atomic E-state index is 9.22. The van der Waals surface area contributed by atoms with Crippen LogP contribution in [0.25, 0.3) is 0 Å². The van der Waals surface area contributed by atoms with E-state index in [-0.39, 0.29) is 0 Å². The number of halogens is 3. The molecule has 1 unspecified atom stereocenters. The van der Waals surface area contributed by atoms with Crippen molar-refractivity contribution in [1.29, 1.82) is 5.26 Å². The van der Waals surface area contributed by atoms with E-state index < -0.39 is 6.04 Å². The first-order valence-corrected chi connectivity index (χ1v) is 6.90. The fraction of sp³-hybridized carbons (Fsp3) is 0.143.